The van der Waals surface area contributed by atoms with E-state index in [1.54, 1.807) is 139 Å². The van der Waals surface area contributed by atoms with Crippen molar-refractivity contribution >= 4 is 42.2 Å². The van der Waals surface area contributed by atoms with Crippen molar-refractivity contribution in [3.63, 3.8) is 0 Å². The molecule has 6 atom stereocenters. The Hall–Kier alpha value is -12.2. The molecule has 3 fully saturated rings. The van der Waals surface area contributed by atoms with Crippen molar-refractivity contribution in [2.45, 2.75) is 134 Å². The third-order valence-electron chi connectivity index (χ3n) is 20.8. The Balaban J connectivity index is 0.000000199. The number of carbonyl (C=O) groups excluding carboxylic acids is 6. The van der Waals surface area contributed by atoms with E-state index in [9.17, 15) is 73.1 Å². The van der Waals surface area contributed by atoms with Gasteiger partial charge in [0.05, 0.1) is 31.2 Å². The number of carbonyl (C=O) groups is 7. The van der Waals surface area contributed by atoms with E-state index in [4.69, 9.17) is 35.5 Å². The number of hydrogen-bond donors (Lipinski definition) is 6. The van der Waals surface area contributed by atoms with Crippen LogP contribution in [-0.4, -0.2) is 120 Å². The highest BCUT2D eigenvalue weighted by Crippen LogP contribution is 2.44. The maximum atomic E-state index is 14.3. The molecule has 12 rings (SSSR count). The Morgan fingerprint density at radius 3 is 0.983 bits per heavy atom. The second-order valence-corrected chi connectivity index (χ2v) is 29.7. The predicted octanol–water partition coefficient (Wildman–Crippen LogP) is 18.0. The van der Waals surface area contributed by atoms with Gasteiger partial charge in [-0.1, -0.05) is 116 Å². The number of hydrogen-bond acceptors (Lipinski definition) is 13. The zero-order valence-corrected chi connectivity index (χ0v) is 66.7. The molecule has 3 aliphatic heterocycles. The van der Waals surface area contributed by atoms with Gasteiger partial charge in [-0.15, -0.1) is 0 Å². The number of halogens is 9. The van der Waals surface area contributed by atoms with Gasteiger partial charge in [-0.05, 0) is 171 Å². The molecular formula is C90H95F9N8O12. The summed E-state index contributed by atoms with van der Waals surface area (Å²) in [4.78, 5) is 89.6. The molecule has 0 unspecified atom stereocenters. The van der Waals surface area contributed by atoms with E-state index in [2.05, 4.69) is 16.0 Å². The number of carboxylic acids is 1. The SMILES string of the molecule is CCC(=O)O.C[C@@H](c1ccc(-c2ccc(F)cc2F)cc1)N1CC[C@](CCN)(c2ccc(F)cc2)OC1=O.C[C@@H](c1ccc(-c2ccc(F)cc2F)cc1)N1CC[C@](CCNC(=O)CN)(c2ccc(F)cc2)OC1=O.C[C@@H](c1ccc(-c2ccc(F)cc2F)cc1)N1CC[C@](CCNC(=O)CNC(=O)OC(C)(C)C)(c2ccc(F)cc2)OC1=O. The first-order chi connectivity index (χ1) is 56.6. The van der Waals surface area contributed by atoms with Gasteiger partial charge < -0.3 is 66.2 Å². The van der Waals surface area contributed by atoms with Crippen molar-refractivity contribution in [2.75, 3.05) is 52.4 Å². The number of nitrogens with two attached hydrogens (primary N) is 2. The summed E-state index contributed by atoms with van der Waals surface area (Å²) < 4.78 is 146. The molecule has 6 amide bonds. The summed E-state index contributed by atoms with van der Waals surface area (Å²) in [5, 5.41) is 15.5. The maximum absolute atomic E-state index is 14.3. The van der Waals surface area contributed by atoms with Crippen LogP contribution >= 0.6 is 0 Å². The topological polar surface area (TPSA) is 274 Å². The molecule has 9 aromatic carbocycles. The Morgan fingerprint density at radius 1 is 0.437 bits per heavy atom. The lowest BCUT2D eigenvalue weighted by Gasteiger charge is -2.43. The molecule has 0 aromatic heterocycles. The fraction of sp³-hybridized carbons (Fsp3) is 0.322. The van der Waals surface area contributed by atoms with E-state index in [-0.39, 0.29) is 80.0 Å². The standard InChI is InChI=1S/C33H36F3N3O5.C28H28F3N3O3.C26H25F3N2O2.C3H6O2/c1-21(22-5-7-23(8-6-22)27-14-13-26(35)19-28(27)36)39-18-16-33(44-31(39)42,24-9-11-25(34)12-10-24)15-17-37-29(40)20-38-30(41)43-32(2,3)4;1-18(19-2-4-20(5-3-19)24-11-10-23(30)16-25(24)31)34-15-13-28(37-27(34)36,12-14-33-26(35)17-32)21-6-8-22(29)9-7-21;1-17(18-2-4-19(5-3-18)23-11-10-22(28)16-24(23)29)31-15-13-26(12-14-30,33-25(31)32)20-6-8-21(27)9-7-20;1-2-3(4)5/h5-14,19,21H,15-18,20H2,1-4H3,(H,37,40)(H,38,41);2-11,16,18H,12-15,17,32H2,1H3,(H,33,35);2-11,16-17H,12-15,30H2,1H3;2H2,1H3,(H,4,5)/t21-,33+;18-,28+;17-,26+;/m000./s1. The molecule has 0 bridgehead atoms. The highest BCUT2D eigenvalue weighted by Gasteiger charge is 2.47. The zero-order chi connectivity index (χ0) is 86.5. The van der Waals surface area contributed by atoms with Crippen LogP contribution in [0.25, 0.3) is 33.4 Å². The molecule has 0 radical (unpaired) electrons. The number of ether oxygens (including phenoxy) is 4. The van der Waals surface area contributed by atoms with Gasteiger partial charge in [-0.2, -0.15) is 0 Å². The van der Waals surface area contributed by atoms with Crippen LogP contribution < -0.4 is 27.4 Å². The number of nitrogens with one attached hydrogen (secondary N) is 3. The minimum absolute atomic E-state index is 0.121. The van der Waals surface area contributed by atoms with Crippen molar-refractivity contribution in [1.82, 2.24) is 30.7 Å². The van der Waals surface area contributed by atoms with E-state index in [0.717, 1.165) is 40.5 Å². The highest BCUT2D eigenvalue weighted by atomic mass is 19.2. The van der Waals surface area contributed by atoms with Crippen molar-refractivity contribution in [3.05, 3.63) is 286 Å². The molecule has 3 heterocycles. The lowest BCUT2D eigenvalue weighted by molar-refractivity contribution is -0.136. The van der Waals surface area contributed by atoms with Crippen LogP contribution in [0.15, 0.2) is 200 Å². The van der Waals surface area contributed by atoms with E-state index in [1.165, 1.54) is 72.8 Å². The molecule has 3 saturated heterocycles. The molecule has 8 N–H and O–H groups in total. The zero-order valence-electron chi connectivity index (χ0n) is 66.7. The van der Waals surface area contributed by atoms with E-state index in [0.29, 0.717) is 91.7 Å². The van der Waals surface area contributed by atoms with Crippen molar-refractivity contribution < 1.29 is 97.1 Å². The molecule has 29 heteroatoms. The molecule has 9 aromatic rings. The molecule has 119 heavy (non-hydrogen) atoms. The normalized spacial score (nSPS) is 17.8. The van der Waals surface area contributed by atoms with Crippen LogP contribution in [-0.2, 0) is 50.1 Å². The average Bonchev–Trinajstić information content (AvgIpc) is 0.780. The van der Waals surface area contributed by atoms with Crippen LogP contribution in [0.1, 0.15) is 145 Å². The number of benzene rings is 9. The number of aliphatic carboxylic acids is 1. The van der Waals surface area contributed by atoms with E-state index in [1.807, 2.05) is 32.9 Å². The second-order valence-electron chi connectivity index (χ2n) is 29.7. The first-order valence-corrected chi connectivity index (χ1v) is 38.6. The Labute approximate surface area is 684 Å². The minimum atomic E-state index is -1.13. The summed E-state index contributed by atoms with van der Waals surface area (Å²) in [5.74, 6) is -6.61. The van der Waals surface area contributed by atoms with Gasteiger partial charge >= 0.3 is 30.3 Å². The molecule has 3 aliphatic rings. The number of carboxylic acid groups (broad SMARTS) is 1. The average molecular weight is 1650 g/mol. The lowest BCUT2D eigenvalue weighted by atomic mass is 9.85. The monoisotopic (exact) mass is 1650 g/mol. The van der Waals surface area contributed by atoms with Gasteiger partial charge in [-0.3, -0.25) is 14.4 Å². The lowest BCUT2D eigenvalue weighted by Crippen LogP contribution is -2.50. The molecule has 0 spiro atoms. The minimum Gasteiger partial charge on any atom is -0.481 e. The van der Waals surface area contributed by atoms with Crippen LogP contribution in [0.3, 0.4) is 0 Å². The maximum Gasteiger partial charge on any atom is 0.411 e. The van der Waals surface area contributed by atoms with Gasteiger partial charge in [0.1, 0.15) is 74.8 Å². The van der Waals surface area contributed by atoms with Crippen LogP contribution in [0.5, 0.6) is 0 Å². The predicted molar refractivity (Wildman–Crippen MR) is 428 cm³/mol. The molecule has 630 valence electrons. The second kappa shape index (κ2) is 40.8. The van der Waals surface area contributed by atoms with E-state index >= 15 is 0 Å². The quantitative estimate of drug-likeness (QED) is 0.0243. The fourth-order valence-electron chi connectivity index (χ4n) is 14.1. The van der Waals surface area contributed by atoms with Crippen LogP contribution in [0.4, 0.5) is 58.7 Å². The number of alkyl carbamates (subject to hydrolysis) is 1. The first-order valence-electron chi connectivity index (χ1n) is 38.6. The molecule has 0 aliphatic carbocycles. The number of rotatable bonds is 24. The van der Waals surface area contributed by atoms with Gasteiger partial charge in [0.25, 0.3) is 0 Å². The number of amides is 6. The summed E-state index contributed by atoms with van der Waals surface area (Å²) in [6.45, 7) is 13.7. The fourth-order valence-corrected chi connectivity index (χ4v) is 14.1. The largest absolute Gasteiger partial charge is 0.481 e. The Morgan fingerprint density at radius 2 is 0.723 bits per heavy atom. The van der Waals surface area contributed by atoms with Crippen LogP contribution in [0, 0.1) is 52.4 Å². The molecule has 0 saturated carbocycles. The van der Waals surface area contributed by atoms with Gasteiger partial charge in [-0.25, -0.2) is 58.7 Å². The van der Waals surface area contributed by atoms with Crippen molar-refractivity contribution in [3.8, 4) is 33.4 Å². The van der Waals surface area contributed by atoms with Gasteiger partial charge in [0.15, 0.2) is 0 Å². The summed E-state index contributed by atoms with van der Waals surface area (Å²) in [7, 11) is 0. The highest BCUT2D eigenvalue weighted by molar-refractivity contribution is 5.82. The third kappa shape index (κ3) is 24.0. The van der Waals surface area contributed by atoms with E-state index < -0.39 is 105 Å². The van der Waals surface area contributed by atoms with Crippen molar-refractivity contribution in [1.29, 1.82) is 0 Å². The van der Waals surface area contributed by atoms with Gasteiger partial charge in [0.2, 0.25) is 11.8 Å². The summed E-state index contributed by atoms with van der Waals surface area (Å²) in [6, 6.07) is 47.8. The summed E-state index contributed by atoms with van der Waals surface area (Å²) >= 11 is 0. The Bertz CT molecular complexity index is 5000. The smallest absolute Gasteiger partial charge is 0.411 e. The summed E-state index contributed by atoms with van der Waals surface area (Å²) in [5.41, 5.74) is 14.4. The summed E-state index contributed by atoms with van der Waals surface area (Å²) in [6.07, 6.45) is 0.157. The first kappa shape index (κ1) is 90.7. The molecule has 20 nitrogen and oxygen atoms in total. The van der Waals surface area contributed by atoms with Gasteiger partial charge in [0, 0.05) is 113 Å². The van der Waals surface area contributed by atoms with Crippen LogP contribution in [0.2, 0.25) is 0 Å². The van der Waals surface area contributed by atoms with Crippen molar-refractivity contribution in [2.24, 2.45) is 11.5 Å². The third-order valence-corrected chi connectivity index (χ3v) is 20.8. The number of cyclic esters (lactones) is 3. The number of nitrogens with zero attached hydrogens (tertiary/aromatic N) is 3. The Kier molecular flexibility index (Phi) is 31.1. The molecular weight excluding hydrogens is 1560 g/mol.